The molecule has 0 spiro atoms. The summed E-state index contributed by atoms with van der Waals surface area (Å²) in [6.45, 7) is 7.11. The zero-order valence-corrected chi connectivity index (χ0v) is 12.4. The van der Waals surface area contributed by atoms with Crippen molar-refractivity contribution >= 4 is 0 Å². The molecule has 0 amide bonds. The van der Waals surface area contributed by atoms with Gasteiger partial charge in [-0.1, -0.05) is 23.4 Å². The Morgan fingerprint density at radius 2 is 2.14 bits per heavy atom. The maximum absolute atomic E-state index is 5.79. The van der Waals surface area contributed by atoms with E-state index in [0.29, 0.717) is 19.7 Å². The van der Waals surface area contributed by atoms with Crippen molar-refractivity contribution in [2.24, 2.45) is 5.73 Å². The van der Waals surface area contributed by atoms with Gasteiger partial charge < -0.3 is 15.2 Å². The molecule has 2 aromatic rings. The Kier molecular flexibility index (Phi) is 4.94. The molecule has 1 heterocycles. The predicted octanol–water partition coefficient (Wildman–Crippen LogP) is 1.90. The van der Waals surface area contributed by atoms with E-state index in [4.69, 9.17) is 15.2 Å². The maximum Gasteiger partial charge on any atom is 0.132 e. The Hall–Kier alpha value is -2.34. The number of nitrogens with zero attached hydrogens (tertiary/aromatic N) is 3. The minimum absolute atomic E-state index is 0.326. The van der Waals surface area contributed by atoms with Crippen LogP contribution < -0.4 is 15.2 Å². The van der Waals surface area contributed by atoms with E-state index in [1.165, 1.54) is 0 Å². The molecule has 0 radical (unpaired) electrons. The molecule has 2 rings (SSSR count). The van der Waals surface area contributed by atoms with Crippen molar-refractivity contribution in [3.63, 3.8) is 0 Å². The van der Waals surface area contributed by atoms with Gasteiger partial charge in [-0.3, -0.25) is 0 Å². The number of methoxy groups -OCH3 is 1. The zero-order chi connectivity index (χ0) is 15.2. The van der Waals surface area contributed by atoms with Gasteiger partial charge in [-0.25, -0.2) is 4.68 Å². The van der Waals surface area contributed by atoms with E-state index in [2.05, 4.69) is 16.9 Å². The van der Waals surface area contributed by atoms with Crippen LogP contribution in [0.25, 0.3) is 0 Å². The molecule has 0 bridgehead atoms. The van der Waals surface area contributed by atoms with Crippen LogP contribution in [-0.2, 0) is 19.7 Å². The molecule has 6 heteroatoms. The molecule has 0 saturated heterocycles. The third-order valence-corrected chi connectivity index (χ3v) is 2.95. The summed E-state index contributed by atoms with van der Waals surface area (Å²) in [5.74, 6) is 1.47. The largest absolute Gasteiger partial charge is 0.497 e. The summed E-state index contributed by atoms with van der Waals surface area (Å²) in [6.07, 6.45) is 0. The average Bonchev–Trinajstić information content (AvgIpc) is 2.86. The van der Waals surface area contributed by atoms with Crippen LogP contribution >= 0.6 is 0 Å². The number of rotatable bonds is 7. The van der Waals surface area contributed by atoms with E-state index < -0.39 is 0 Å². The minimum atomic E-state index is 0.326. The van der Waals surface area contributed by atoms with Crippen LogP contribution in [0.5, 0.6) is 11.5 Å². The SMILES string of the molecule is C=C(C)Cn1nnc(CN)c1COc1cccc(OC)c1. The minimum Gasteiger partial charge on any atom is -0.497 e. The lowest BCUT2D eigenvalue weighted by molar-refractivity contribution is 0.289. The van der Waals surface area contributed by atoms with Crippen molar-refractivity contribution in [2.45, 2.75) is 26.6 Å². The summed E-state index contributed by atoms with van der Waals surface area (Å²) < 4.78 is 12.7. The van der Waals surface area contributed by atoms with Crippen LogP contribution in [0.15, 0.2) is 36.4 Å². The molecule has 112 valence electrons. The van der Waals surface area contributed by atoms with Gasteiger partial charge in [0.15, 0.2) is 0 Å². The Morgan fingerprint density at radius 3 is 2.81 bits per heavy atom. The first-order valence-electron chi connectivity index (χ1n) is 6.66. The van der Waals surface area contributed by atoms with E-state index in [1.54, 1.807) is 11.8 Å². The van der Waals surface area contributed by atoms with Gasteiger partial charge in [-0.15, -0.1) is 5.10 Å². The van der Waals surface area contributed by atoms with Crippen molar-refractivity contribution in [2.75, 3.05) is 7.11 Å². The lowest BCUT2D eigenvalue weighted by Crippen LogP contribution is -2.11. The molecule has 0 atom stereocenters. The Bertz CT molecular complexity index is 622. The van der Waals surface area contributed by atoms with E-state index in [9.17, 15) is 0 Å². The third-order valence-electron chi connectivity index (χ3n) is 2.95. The Morgan fingerprint density at radius 1 is 1.38 bits per heavy atom. The zero-order valence-electron chi connectivity index (χ0n) is 12.4. The normalized spacial score (nSPS) is 10.4. The lowest BCUT2D eigenvalue weighted by atomic mass is 10.3. The number of ether oxygens (including phenoxy) is 2. The van der Waals surface area contributed by atoms with Gasteiger partial charge in [-0.2, -0.15) is 0 Å². The van der Waals surface area contributed by atoms with Gasteiger partial charge in [0, 0.05) is 12.6 Å². The van der Waals surface area contributed by atoms with Crippen LogP contribution in [0.1, 0.15) is 18.3 Å². The van der Waals surface area contributed by atoms with E-state index in [-0.39, 0.29) is 0 Å². The molecule has 0 saturated carbocycles. The summed E-state index contributed by atoms with van der Waals surface area (Å²) in [5.41, 5.74) is 8.29. The lowest BCUT2D eigenvalue weighted by Gasteiger charge is -2.10. The number of nitrogens with two attached hydrogens (primary N) is 1. The fourth-order valence-corrected chi connectivity index (χ4v) is 1.91. The maximum atomic E-state index is 5.79. The molecule has 2 N–H and O–H groups in total. The first kappa shape index (κ1) is 15.1. The number of benzene rings is 1. The molecule has 0 aliphatic rings. The van der Waals surface area contributed by atoms with Gasteiger partial charge >= 0.3 is 0 Å². The molecular formula is C15H20N4O2. The first-order chi connectivity index (χ1) is 10.1. The second-order valence-electron chi connectivity index (χ2n) is 4.77. The molecule has 1 aromatic heterocycles. The van der Waals surface area contributed by atoms with E-state index >= 15 is 0 Å². The molecule has 21 heavy (non-hydrogen) atoms. The van der Waals surface area contributed by atoms with Crippen LogP contribution in [0.2, 0.25) is 0 Å². The van der Waals surface area contributed by atoms with E-state index in [1.807, 2.05) is 31.2 Å². The van der Waals surface area contributed by atoms with Gasteiger partial charge in [0.1, 0.15) is 29.5 Å². The molecular weight excluding hydrogens is 268 g/mol. The summed E-state index contributed by atoms with van der Waals surface area (Å²) in [5, 5.41) is 8.17. The molecule has 0 aliphatic carbocycles. The fraction of sp³-hybridized carbons (Fsp3) is 0.333. The third kappa shape index (κ3) is 3.82. The highest BCUT2D eigenvalue weighted by Gasteiger charge is 2.12. The van der Waals surface area contributed by atoms with Crippen LogP contribution in [0.4, 0.5) is 0 Å². The second kappa shape index (κ2) is 6.90. The summed E-state index contributed by atoms with van der Waals surface area (Å²) in [7, 11) is 1.62. The quantitative estimate of drug-likeness (QED) is 0.788. The molecule has 1 aromatic carbocycles. The van der Waals surface area contributed by atoms with Crippen LogP contribution in [0.3, 0.4) is 0 Å². The summed E-state index contributed by atoms with van der Waals surface area (Å²) >= 11 is 0. The first-order valence-corrected chi connectivity index (χ1v) is 6.66. The van der Waals surface area contributed by atoms with Gasteiger partial charge in [0.2, 0.25) is 0 Å². The topological polar surface area (TPSA) is 75.2 Å². The van der Waals surface area contributed by atoms with Crippen molar-refractivity contribution in [1.29, 1.82) is 0 Å². The highest BCUT2D eigenvalue weighted by atomic mass is 16.5. The predicted molar refractivity (Wildman–Crippen MR) is 80.1 cm³/mol. The van der Waals surface area contributed by atoms with Gasteiger partial charge in [-0.05, 0) is 19.1 Å². The Labute approximate surface area is 124 Å². The molecule has 0 fully saturated rings. The van der Waals surface area contributed by atoms with Crippen molar-refractivity contribution < 1.29 is 9.47 Å². The number of hydrogen-bond acceptors (Lipinski definition) is 5. The number of aromatic nitrogens is 3. The molecule has 0 unspecified atom stereocenters. The van der Waals surface area contributed by atoms with Crippen LogP contribution in [-0.4, -0.2) is 22.1 Å². The summed E-state index contributed by atoms with van der Waals surface area (Å²) in [6, 6.07) is 7.44. The molecule has 6 nitrogen and oxygen atoms in total. The van der Waals surface area contributed by atoms with Crippen molar-refractivity contribution in [3.8, 4) is 11.5 Å². The summed E-state index contributed by atoms with van der Waals surface area (Å²) in [4.78, 5) is 0. The van der Waals surface area contributed by atoms with Gasteiger partial charge in [0.25, 0.3) is 0 Å². The van der Waals surface area contributed by atoms with E-state index in [0.717, 1.165) is 28.5 Å². The molecule has 0 aliphatic heterocycles. The standard InChI is InChI=1S/C15H20N4O2/c1-11(2)9-19-15(14(8-16)17-18-19)10-21-13-6-4-5-12(7-13)20-3/h4-7H,1,8-10,16H2,2-3H3. The smallest absolute Gasteiger partial charge is 0.132 e. The van der Waals surface area contributed by atoms with Crippen LogP contribution in [0, 0.1) is 0 Å². The van der Waals surface area contributed by atoms with Gasteiger partial charge in [0.05, 0.1) is 13.7 Å². The number of hydrogen-bond donors (Lipinski definition) is 1. The number of allylic oxidation sites excluding steroid dienone is 1. The monoisotopic (exact) mass is 288 g/mol. The second-order valence-corrected chi connectivity index (χ2v) is 4.77. The average molecular weight is 288 g/mol. The highest BCUT2D eigenvalue weighted by Crippen LogP contribution is 2.20. The van der Waals surface area contributed by atoms with Crippen molar-refractivity contribution in [1.82, 2.24) is 15.0 Å². The van der Waals surface area contributed by atoms with Crippen molar-refractivity contribution in [3.05, 3.63) is 47.8 Å². The Balaban J connectivity index is 2.14. The fourth-order valence-electron chi connectivity index (χ4n) is 1.91. The highest BCUT2D eigenvalue weighted by molar-refractivity contribution is 5.33.